The van der Waals surface area contributed by atoms with Crippen molar-refractivity contribution in [2.45, 2.75) is 0 Å². The molecule has 0 aliphatic rings. The Labute approximate surface area is 72.8 Å². The van der Waals surface area contributed by atoms with Crippen LogP contribution < -0.4 is 11.0 Å². The van der Waals surface area contributed by atoms with E-state index in [1.165, 1.54) is 0 Å². The standard InChI is InChI=1S/2CH5NO.H2O4S/c2*1-2-3;1-5(2,3)4/h2*2-3H,1H3;(H2,1,2,3,4)/i2*1D3;. The van der Waals surface area contributed by atoms with E-state index in [1.807, 2.05) is 0 Å². The van der Waals surface area contributed by atoms with Crippen LogP contribution in [0, 0.1) is 0 Å². The highest BCUT2D eigenvalue weighted by molar-refractivity contribution is 7.79. The van der Waals surface area contributed by atoms with Gasteiger partial charge in [0.2, 0.25) is 0 Å². The number of hydroxylamine groups is 2. The molecule has 0 aliphatic carbocycles. The van der Waals surface area contributed by atoms with Crippen molar-refractivity contribution in [3.05, 3.63) is 0 Å². The molecule has 0 unspecified atom stereocenters. The summed E-state index contributed by atoms with van der Waals surface area (Å²) in [5.74, 6) is 0. The van der Waals surface area contributed by atoms with Crippen molar-refractivity contribution < 1.29 is 36.2 Å². The van der Waals surface area contributed by atoms with Crippen LogP contribution in [0.25, 0.3) is 0 Å². The maximum absolute atomic E-state index is 8.74. The molecule has 0 aliphatic heterocycles. The maximum Gasteiger partial charge on any atom is 0.394 e. The molecule has 11 heavy (non-hydrogen) atoms. The summed E-state index contributed by atoms with van der Waals surface area (Å²) in [6, 6.07) is 0. The van der Waals surface area contributed by atoms with E-state index in [0.717, 1.165) is 11.0 Å². The summed E-state index contributed by atoms with van der Waals surface area (Å²) in [6.45, 7) is -4.81. The normalized spacial score (nSPS) is 18.9. The Morgan fingerprint density at radius 3 is 1.27 bits per heavy atom. The minimum Gasteiger partial charge on any atom is -0.317 e. The Bertz CT molecular complexity index is 249. The molecule has 0 fully saturated rings. The molecule has 0 aromatic carbocycles. The first kappa shape index (κ1) is 5.37. The lowest BCUT2D eigenvalue weighted by molar-refractivity contribution is 0.194. The van der Waals surface area contributed by atoms with Gasteiger partial charge in [-0.2, -0.15) is 8.42 Å². The zero-order valence-electron chi connectivity index (χ0n) is 11.0. The Hall–Kier alpha value is -0.290. The lowest BCUT2D eigenvalue weighted by atomic mass is 11.6. The molecule has 0 saturated heterocycles. The zero-order chi connectivity index (χ0) is 14.9. The summed E-state index contributed by atoms with van der Waals surface area (Å²) < 4.78 is 68.5. The smallest absolute Gasteiger partial charge is 0.317 e. The fourth-order valence-electron chi connectivity index (χ4n) is 0. The molecular formula is C2H12N2O6S. The van der Waals surface area contributed by atoms with Gasteiger partial charge >= 0.3 is 10.4 Å². The highest BCUT2D eigenvalue weighted by Gasteiger charge is 1.84. The van der Waals surface area contributed by atoms with Crippen LogP contribution in [0.1, 0.15) is 8.22 Å². The van der Waals surface area contributed by atoms with Crippen molar-refractivity contribution in [2.75, 3.05) is 14.0 Å². The summed E-state index contributed by atoms with van der Waals surface area (Å²) >= 11 is 0. The van der Waals surface area contributed by atoms with Gasteiger partial charge in [-0.1, -0.05) is 0 Å². The van der Waals surface area contributed by atoms with Crippen LogP contribution in [0.4, 0.5) is 0 Å². The van der Waals surface area contributed by atoms with E-state index in [0.29, 0.717) is 0 Å². The van der Waals surface area contributed by atoms with Crippen LogP contribution in [0.5, 0.6) is 0 Å². The van der Waals surface area contributed by atoms with Gasteiger partial charge in [0.15, 0.2) is 0 Å². The molecule has 0 aromatic heterocycles. The largest absolute Gasteiger partial charge is 0.394 e. The fourth-order valence-corrected chi connectivity index (χ4v) is 0. The van der Waals surface area contributed by atoms with Gasteiger partial charge in [0.25, 0.3) is 0 Å². The SMILES string of the molecule is O=S(=O)(O)O.[2H]C([2H])([2H])NO.[2H]C([2H])([2H])NO. The summed E-state index contributed by atoms with van der Waals surface area (Å²) in [6.07, 6.45) is 0. The molecule has 0 amide bonds. The first-order valence-corrected chi connectivity index (χ1v) is 3.04. The average molecular weight is 198 g/mol. The zero-order valence-corrected chi connectivity index (χ0v) is 5.83. The molecule has 72 valence electrons. The topological polar surface area (TPSA) is 139 Å². The molecule has 8 nitrogen and oxygen atoms in total. The van der Waals surface area contributed by atoms with E-state index in [2.05, 4.69) is 0 Å². The second kappa shape index (κ2) is 12.4. The van der Waals surface area contributed by atoms with Crippen molar-refractivity contribution >= 4 is 10.4 Å². The van der Waals surface area contributed by atoms with Gasteiger partial charge in [0.1, 0.15) is 0 Å². The number of nitrogens with one attached hydrogen (secondary N) is 2. The van der Waals surface area contributed by atoms with Gasteiger partial charge in [0, 0.05) is 22.2 Å². The van der Waals surface area contributed by atoms with Crippen LogP contribution in [0.15, 0.2) is 0 Å². The predicted octanol–water partition coefficient (Wildman–Crippen LogP) is -1.46. The molecule has 0 rings (SSSR count). The highest BCUT2D eigenvalue weighted by atomic mass is 32.3. The quantitative estimate of drug-likeness (QED) is 0.205. The van der Waals surface area contributed by atoms with Crippen LogP contribution in [-0.4, -0.2) is 41.9 Å². The predicted molar refractivity (Wildman–Crippen MR) is 35.9 cm³/mol. The average Bonchev–Trinajstić information content (AvgIpc) is 2.00. The highest BCUT2D eigenvalue weighted by Crippen LogP contribution is 1.59. The van der Waals surface area contributed by atoms with Gasteiger partial charge in [-0.05, 0) is 0 Å². The molecule has 9 heteroatoms. The number of hydrogen-bond acceptors (Lipinski definition) is 6. The molecule has 6 N–H and O–H groups in total. The van der Waals surface area contributed by atoms with Crippen molar-refractivity contribution in [1.82, 2.24) is 11.0 Å². The van der Waals surface area contributed by atoms with Gasteiger partial charge in [-0.15, -0.1) is 0 Å². The molecule has 0 aromatic rings. The van der Waals surface area contributed by atoms with Crippen LogP contribution in [-0.2, 0) is 10.4 Å². The molecule has 0 heterocycles. The minimum atomic E-state index is -4.67. The van der Waals surface area contributed by atoms with Crippen molar-refractivity contribution in [2.24, 2.45) is 0 Å². The summed E-state index contributed by atoms with van der Waals surface area (Å²) in [7, 11) is -4.67. The monoisotopic (exact) mass is 198 g/mol. The van der Waals surface area contributed by atoms with E-state index < -0.39 is 24.4 Å². The van der Waals surface area contributed by atoms with E-state index in [-0.39, 0.29) is 0 Å². The molecular weight excluding hydrogens is 180 g/mol. The Balaban J connectivity index is -0.000000174. The molecule has 0 radical (unpaired) electrons. The summed E-state index contributed by atoms with van der Waals surface area (Å²) in [4.78, 5) is 0. The van der Waals surface area contributed by atoms with Crippen molar-refractivity contribution in [1.29, 1.82) is 0 Å². The van der Waals surface area contributed by atoms with E-state index >= 15 is 0 Å². The first-order valence-electron chi connectivity index (χ1n) is 4.65. The van der Waals surface area contributed by atoms with Gasteiger partial charge < -0.3 is 10.4 Å². The van der Waals surface area contributed by atoms with Crippen molar-refractivity contribution in [3.63, 3.8) is 0 Å². The first-order chi connectivity index (χ1) is 7.12. The molecule has 0 atom stereocenters. The van der Waals surface area contributed by atoms with Gasteiger partial charge in [-0.25, -0.2) is 11.0 Å². The van der Waals surface area contributed by atoms with Gasteiger partial charge in [0.05, 0.1) is 0 Å². The lowest BCUT2D eigenvalue weighted by Gasteiger charge is -1.68. The second-order valence-corrected chi connectivity index (χ2v) is 1.57. The molecule has 0 saturated carbocycles. The number of hydrogen-bond donors (Lipinski definition) is 6. The van der Waals surface area contributed by atoms with Gasteiger partial charge in [-0.3, -0.25) is 9.11 Å². The molecule has 0 bridgehead atoms. The fraction of sp³-hybridized carbons (Fsp3) is 1.00. The molecule has 0 spiro atoms. The van der Waals surface area contributed by atoms with E-state index in [4.69, 9.17) is 36.2 Å². The van der Waals surface area contributed by atoms with Crippen molar-refractivity contribution in [3.8, 4) is 0 Å². The number of rotatable bonds is 0. The van der Waals surface area contributed by atoms with Crippen LogP contribution in [0.2, 0.25) is 0 Å². The lowest BCUT2D eigenvalue weighted by Crippen LogP contribution is -1.91. The maximum atomic E-state index is 8.74. The Kier molecular flexibility index (Phi) is 6.05. The Morgan fingerprint density at radius 1 is 1.18 bits per heavy atom. The van der Waals surface area contributed by atoms with Crippen LogP contribution >= 0.6 is 0 Å². The van der Waals surface area contributed by atoms with E-state index in [9.17, 15) is 0 Å². The van der Waals surface area contributed by atoms with Crippen LogP contribution in [0.3, 0.4) is 0 Å². The summed E-state index contributed by atoms with van der Waals surface area (Å²) in [5, 5.41) is 15.2. The minimum absolute atomic E-state index is 1.10. The summed E-state index contributed by atoms with van der Waals surface area (Å²) in [5.41, 5.74) is 2.21. The third-order valence-corrected chi connectivity index (χ3v) is 0. The Morgan fingerprint density at radius 2 is 1.27 bits per heavy atom. The van der Waals surface area contributed by atoms with E-state index in [1.54, 1.807) is 0 Å². The third-order valence-electron chi connectivity index (χ3n) is 0. The second-order valence-electron chi connectivity index (χ2n) is 0.671. The third kappa shape index (κ3) is 6860.